The Morgan fingerprint density at radius 3 is 2.38 bits per heavy atom. The zero-order chi connectivity index (χ0) is 19.7. The number of carbonyl (C=O) groups is 1. The van der Waals surface area contributed by atoms with Crippen LogP contribution >= 0.6 is 0 Å². The Hall–Kier alpha value is -2.25. The van der Waals surface area contributed by atoms with E-state index in [1.807, 2.05) is 53.3 Å². The van der Waals surface area contributed by atoms with Crippen LogP contribution in [0.4, 0.5) is 4.79 Å². The van der Waals surface area contributed by atoms with Crippen molar-refractivity contribution in [1.29, 1.82) is 0 Å². The molecule has 0 atom stereocenters. The summed E-state index contributed by atoms with van der Waals surface area (Å²) in [7, 11) is 1.94. The molecule has 0 aliphatic rings. The highest BCUT2D eigenvalue weighted by Gasteiger charge is 2.15. The number of alkyl carbamates (subject to hydrolysis) is 1. The number of aryl methyl sites for hydroxylation is 2. The average Bonchev–Trinajstić information content (AvgIpc) is 2.75. The van der Waals surface area contributed by atoms with Crippen molar-refractivity contribution in [3.05, 3.63) is 17.0 Å². The molecule has 8 heteroatoms. The minimum absolute atomic E-state index is 0.388. The van der Waals surface area contributed by atoms with E-state index >= 15 is 0 Å². The van der Waals surface area contributed by atoms with E-state index in [4.69, 9.17) is 4.74 Å². The first-order chi connectivity index (χ1) is 12.1. The fraction of sp³-hybridized carbons (Fsp3) is 0.722. The van der Waals surface area contributed by atoms with Crippen molar-refractivity contribution >= 4 is 12.1 Å². The molecule has 1 aromatic heterocycles. The predicted octanol–water partition coefficient (Wildman–Crippen LogP) is 2.01. The molecule has 0 radical (unpaired) electrons. The summed E-state index contributed by atoms with van der Waals surface area (Å²) in [5.74, 6) is 0.757. The molecule has 0 aliphatic carbocycles. The number of aliphatic imine (C=N–C) groups is 1. The number of amides is 1. The van der Waals surface area contributed by atoms with Gasteiger partial charge in [-0.15, -0.1) is 0 Å². The minimum atomic E-state index is -0.476. The third-order valence-corrected chi connectivity index (χ3v) is 3.71. The molecule has 1 amide bonds. The molecule has 0 fully saturated rings. The summed E-state index contributed by atoms with van der Waals surface area (Å²) < 4.78 is 7.08. The maximum atomic E-state index is 11.6. The number of ether oxygens (including phenoxy) is 1. The lowest BCUT2D eigenvalue weighted by Crippen LogP contribution is -2.39. The molecular formula is C18H34N6O2. The number of carbonyl (C=O) groups excluding carboxylic acids is 1. The van der Waals surface area contributed by atoms with Gasteiger partial charge in [0.1, 0.15) is 5.60 Å². The maximum Gasteiger partial charge on any atom is 0.407 e. The molecule has 0 saturated carbocycles. The van der Waals surface area contributed by atoms with Gasteiger partial charge in [0, 0.05) is 37.9 Å². The Morgan fingerprint density at radius 2 is 1.85 bits per heavy atom. The molecule has 0 saturated heterocycles. The number of hydrogen-bond donors (Lipinski definition) is 3. The van der Waals surface area contributed by atoms with E-state index in [9.17, 15) is 4.79 Å². The molecule has 0 unspecified atom stereocenters. The van der Waals surface area contributed by atoms with Crippen molar-refractivity contribution in [2.75, 3.05) is 19.6 Å². The lowest BCUT2D eigenvalue weighted by Gasteiger charge is -2.19. The Morgan fingerprint density at radius 1 is 1.19 bits per heavy atom. The second-order valence-electron chi connectivity index (χ2n) is 7.18. The summed E-state index contributed by atoms with van der Waals surface area (Å²) in [5, 5.41) is 13.7. The normalized spacial score (nSPS) is 12.0. The van der Waals surface area contributed by atoms with Crippen LogP contribution in [0.25, 0.3) is 0 Å². The summed E-state index contributed by atoms with van der Waals surface area (Å²) in [4.78, 5) is 16.2. The van der Waals surface area contributed by atoms with Crippen LogP contribution in [0.2, 0.25) is 0 Å². The van der Waals surface area contributed by atoms with Crippen LogP contribution in [-0.4, -0.2) is 47.1 Å². The lowest BCUT2D eigenvalue weighted by atomic mass is 10.2. The van der Waals surface area contributed by atoms with E-state index in [0.29, 0.717) is 19.6 Å². The molecule has 148 valence electrons. The van der Waals surface area contributed by atoms with E-state index in [-0.39, 0.29) is 6.09 Å². The number of aromatic nitrogens is 2. The Kier molecular flexibility index (Phi) is 8.41. The highest BCUT2D eigenvalue weighted by molar-refractivity contribution is 5.79. The van der Waals surface area contributed by atoms with Crippen molar-refractivity contribution in [1.82, 2.24) is 25.7 Å². The summed E-state index contributed by atoms with van der Waals surface area (Å²) in [6.45, 7) is 14.2. The van der Waals surface area contributed by atoms with Gasteiger partial charge in [0.2, 0.25) is 0 Å². The molecule has 8 nitrogen and oxygen atoms in total. The summed E-state index contributed by atoms with van der Waals surface area (Å²) in [5.41, 5.74) is 2.81. The van der Waals surface area contributed by atoms with Gasteiger partial charge in [-0.1, -0.05) is 0 Å². The highest BCUT2D eigenvalue weighted by Crippen LogP contribution is 2.12. The van der Waals surface area contributed by atoms with Crippen molar-refractivity contribution in [2.45, 2.75) is 60.1 Å². The first-order valence-electron chi connectivity index (χ1n) is 9.12. The second kappa shape index (κ2) is 10.0. The number of nitrogens with zero attached hydrogens (tertiary/aromatic N) is 3. The summed E-state index contributed by atoms with van der Waals surface area (Å²) >= 11 is 0. The largest absolute Gasteiger partial charge is 0.444 e. The first kappa shape index (κ1) is 21.8. The Bertz CT molecular complexity index is 616. The van der Waals surface area contributed by atoms with Gasteiger partial charge in [-0.2, -0.15) is 5.10 Å². The van der Waals surface area contributed by atoms with Crippen LogP contribution in [0, 0.1) is 13.8 Å². The third-order valence-electron chi connectivity index (χ3n) is 3.71. The molecule has 0 aliphatic heterocycles. The monoisotopic (exact) mass is 366 g/mol. The fourth-order valence-electron chi connectivity index (χ4n) is 2.35. The van der Waals surface area contributed by atoms with Gasteiger partial charge in [-0.3, -0.25) is 4.68 Å². The standard InChI is InChI=1S/C18H34N6O2/c1-8-19-16(22-12-15-13(2)23-24(7)14(15)3)20-10-9-11-21-17(25)26-18(4,5)6/h8-12H2,1-7H3,(H,21,25)(H2,19,20,22). The molecule has 1 heterocycles. The van der Waals surface area contributed by atoms with E-state index in [2.05, 4.69) is 26.0 Å². The number of guanidine groups is 1. The molecule has 1 rings (SSSR count). The zero-order valence-corrected chi connectivity index (χ0v) is 17.2. The fourth-order valence-corrected chi connectivity index (χ4v) is 2.35. The molecule has 1 aromatic rings. The summed E-state index contributed by atoms with van der Waals surface area (Å²) in [6.07, 6.45) is 0.384. The van der Waals surface area contributed by atoms with E-state index in [0.717, 1.165) is 35.9 Å². The molecule has 0 spiro atoms. The Labute approximate surface area is 156 Å². The second-order valence-corrected chi connectivity index (χ2v) is 7.18. The topological polar surface area (TPSA) is 92.6 Å². The van der Waals surface area contributed by atoms with Crippen molar-refractivity contribution in [2.24, 2.45) is 12.0 Å². The number of hydrogen-bond acceptors (Lipinski definition) is 4. The number of rotatable bonds is 7. The van der Waals surface area contributed by atoms with Gasteiger partial charge in [-0.05, 0) is 48.0 Å². The quantitative estimate of drug-likeness (QED) is 0.390. The van der Waals surface area contributed by atoms with Crippen LogP contribution in [0.3, 0.4) is 0 Å². The maximum absolute atomic E-state index is 11.6. The van der Waals surface area contributed by atoms with Gasteiger partial charge in [0.25, 0.3) is 0 Å². The lowest BCUT2D eigenvalue weighted by molar-refractivity contribution is 0.0527. The predicted molar refractivity (Wildman–Crippen MR) is 104 cm³/mol. The summed E-state index contributed by atoms with van der Waals surface area (Å²) in [6, 6.07) is 0. The van der Waals surface area contributed by atoms with Gasteiger partial charge in [0.15, 0.2) is 5.96 Å². The smallest absolute Gasteiger partial charge is 0.407 e. The van der Waals surface area contributed by atoms with Crippen LogP contribution in [0.5, 0.6) is 0 Å². The minimum Gasteiger partial charge on any atom is -0.444 e. The number of nitrogens with one attached hydrogen (secondary N) is 3. The van der Waals surface area contributed by atoms with E-state index < -0.39 is 5.60 Å². The van der Waals surface area contributed by atoms with Gasteiger partial charge in [-0.25, -0.2) is 9.79 Å². The average molecular weight is 367 g/mol. The first-order valence-corrected chi connectivity index (χ1v) is 9.12. The van der Waals surface area contributed by atoms with E-state index in [1.54, 1.807) is 0 Å². The van der Waals surface area contributed by atoms with E-state index in [1.165, 1.54) is 0 Å². The van der Waals surface area contributed by atoms with Crippen LogP contribution in [0.1, 0.15) is 51.1 Å². The van der Waals surface area contributed by atoms with Crippen molar-refractivity contribution < 1.29 is 9.53 Å². The van der Waals surface area contributed by atoms with Crippen molar-refractivity contribution in [3.63, 3.8) is 0 Å². The van der Waals surface area contributed by atoms with Gasteiger partial charge < -0.3 is 20.7 Å². The highest BCUT2D eigenvalue weighted by atomic mass is 16.6. The Balaban J connectivity index is 2.42. The van der Waals surface area contributed by atoms with Gasteiger partial charge in [0.05, 0.1) is 12.2 Å². The van der Waals surface area contributed by atoms with Crippen LogP contribution < -0.4 is 16.0 Å². The molecule has 0 bridgehead atoms. The zero-order valence-electron chi connectivity index (χ0n) is 17.2. The van der Waals surface area contributed by atoms with Crippen LogP contribution in [-0.2, 0) is 18.3 Å². The molecule has 3 N–H and O–H groups in total. The SMILES string of the molecule is CCNC(=NCc1c(C)nn(C)c1C)NCCCNC(=O)OC(C)(C)C. The van der Waals surface area contributed by atoms with Crippen molar-refractivity contribution in [3.8, 4) is 0 Å². The van der Waals surface area contributed by atoms with Gasteiger partial charge >= 0.3 is 6.09 Å². The molecule has 0 aromatic carbocycles. The molecular weight excluding hydrogens is 332 g/mol. The molecule has 26 heavy (non-hydrogen) atoms. The van der Waals surface area contributed by atoms with Crippen LogP contribution in [0.15, 0.2) is 4.99 Å². The third kappa shape index (κ3) is 7.76.